The molecule has 1 amide bonds. The van der Waals surface area contributed by atoms with Crippen LogP contribution in [0.2, 0.25) is 5.02 Å². The van der Waals surface area contributed by atoms with Crippen LogP contribution >= 0.6 is 11.6 Å². The number of hydrogen-bond donors (Lipinski definition) is 1. The summed E-state index contributed by atoms with van der Waals surface area (Å²) in [6.45, 7) is 4.35. The Hall–Kier alpha value is -1.78. The lowest BCUT2D eigenvalue weighted by Crippen LogP contribution is -2.39. The molecule has 0 saturated carbocycles. The van der Waals surface area contributed by atoms with Crippen LogP contribution in [0.3, 0.4) is 0 Å². The Kier molecular flexibility index (Phi) is 5.04. The minimum atomic E-state index is -0.272. The van der Waals surface area contributed by atoms with E-state index in [0.29, 0.717) is 11.6 Å². The van der Waals surface area contributed by atoms with E-state index in [-0.39, 0.29) is 11.9 Å². The molecule has 0 radical (unpaired) electrons. The van der Waals surface area contributed by atoms with E-state index in [4.69, 9.17) is 16.0 Å². The third-order valence-electron chi connectivity index (χ3n) is 3.35. The van der Waals surface area contributed by atoms with Gasteiger partial charge in [-0.25, -0.2) is 0 Å². The molecule has 0 aliphatic rings. The van der Waals surface area contributed by atoms with Crippen molar-refractivity contribution in [3.63, 3.8) is 0 Å². The zero-order chi connectivity index (χ0) is 15.4. The van der Waals surface area contributed by atoms with Gasteiger partial charge in [-0.15, -0.1) is 0 Å². The van der Waals surface area contributed by atoms with Crippen molar-refractivity contribution in [1.82, 2.24) is 4.90 Å². The standard InChI is InChI=1S/C16H19ClN2O2/c1-11-4-9-15(21-11)10-19(3)12(2)16(20)18-14-7-5-13(17)6-8-14/h4-9,12H,10H2,1-3H3,(H,18,20)/t12-/m1/s1. The number of carbonyl (C=O) groups is 1. The zero-order valence-corrected chi connectivity index (χ0v) is 13.1. The largest absolute Gasteiger partial charge is 0.465 e. The molecule has 112 valence electrons. The molecule has 0 aliphatic carbocycles. The summed E-state index contributed by atoms with van der Waals surface area (Å²) in [5.74, 6) is 1.65. The van der Waals surface area contributed by atoms with Crippen molar-refractivity contribution in [2.75, 3.05) is 12.4 Å². The van der Waals surface area contributed by atoms with Crippen molar-refractivity contribution in [2.24, 2.45) is 0 Å². The monoisotopic (exact) mass is 306 g/mol. The number of hydrogen-bond acceptors (Lipinski definition) is 3. The number of furan rings is 1. The average molecular weight is 307 g/mol. The highest BCUT2D eigenvalue weighted by atomic mass is 35.5. The molecule has 0 aliphatic heterocycles. The number of carbonyl (C=O) groups excluding carboxylic acids is 1. The average Bonchev–Trinajstić information content (AvgIpc) is 2.85. The first-order valence-corrected chi connectivity index (χ1v) is 7.15. The van der Waals surface area contributed by atoms with Crippen molar-refractivity contribution >= 4 is 23.2 Å². The highest BCUT2D eigenvalue weighted by Crippen LogP contribution is 2.15. The first kappa shape index (κ1) is 15.6. The van der Waals surface area contributed by atoms with Gasteiger partial charge >= 0.3 is 0 Å². The van der Waals surface area contributed by atoms with E-state index in [2.05, 4.69) is 5.32 Å². The second-order valence-corrected chi connectivity index (χ2v) is 5.54. The summed E-state index contributed by atoms with van der Waals surface area (Å²) in [4.78, 5) is 14.2. The number of likely N-dealkylation sites (N-methyl/N-ethyl adjacent to an activating group) is 1. The van der Waals surface area contributed by atoms with Gasteiger partial charge in [0.1, 0.15) is 11.5 Å². The van der Waals surface area contributed by atoms with Gasteiger partial charge in [0.15, 0.2) is 0 Å². The Morgan fingerprint density at radius 1 is 1.29 bits per heavy atom. The molecule has 0 bridgehead atoms. The molecule has 21 heavy (non-hydrogen) atoms. The summed E-state index contributed by atoms with van der Waals surface area (Å²) in [6.07, 6.45) is 0. The Morgan fingerprint density at radius 3 is 2.52 bits per heavy atom. The third kappa shape index (κ3) is 4.34. The first-order valence-electron chi connectivity index (χ1n) is 6.77. The van der Waals surface area contributed by atoms with Gasteiger partial charge in [-0.3, -0.25) is 9.69 Å². The van der Waals surface area contributed by atoms with Crippen LogP contribution in [-0.4, -0.2) is 23.9 Å². The van der Waals surface area contributed by atoms with E-state index in [1.807, 2.05) is 37.9 Å². The number of amides is 1. The van der Waals surface area contributed by atoms with Gasteiger partial charge in [-0.05, 0) is 57.3 Å². The summed E-state index contributed by atoms with van der Waals surface area (Å²) in [6, 6.07) is 10.6. The summed E-state index contributed by atoms with van der Waals surface area (Å²) >= 11 is 5.82. The van der Waals surface area contributed by atoms with Gasteiger partial charge in [0.05, 0.1) is 12.6 Å². The molecule has 0 unspecified atom stereocenters. The van der Waals surface area contributed by atoms with Crippen LogP contribution in [-0.2, 0) is 11.3 Å². The normalized spacial score (nSPS) is 12.4. The number of benzene rings is 1. The fourth-order valence-corrected chi connectivity index (χ4v) is 2.06. The Bertz CT molecular complexity index is 607. The quantitative estimate of drug-likeness (QED) is 0.916. The number of nitrogens with zero attached hydrogens (tertiary/aromatic N) is 1. The lowest BCUT2D eigenvalue weighted by atomic mass is 10.2. The van der Waals surface area contributed by atoms with Gasteiger partial charge in [-0.1, -0.05) is 11.6 Å². The number of rotatable bonds is 5. The molecule has 5 heteroatoms. The molecule has 2 aromatic rings. The van der Waals surface area contributed by atoms with E-state index in [0.717, 1.165) is 17.2 Å². The molecule has 0 saturated heterocycles. The van der Waals surface area contributed by atoms with Gasteiger partial charge < -0.3 is 9.73 Å². The predicted molar refractivity (Wildman–Crippen MR) is 84.5 cm³/mol. The van der Waals surface area contributed by atoms with E-state index < -0.39 is 0 Å². The SMILES string of the molecule is Cc1ccc(CN(C)[C@H](C)C(=O)Nc2ccc(Cl)cc2)o1. The molecule has 1 aromatic heterocycles. The molecular formula is C16H19ClN2O2. The van der Waals surface area contributed by atoms with E-state index in [9.17, 15) is 4.79 Å². The van der Waals surface area contributed by atoms with Gasteiger partial charge in [0, 0.05) is 10.7 Å². The van der Waals surface area contributed by atoms with Gasteiger partial charge in [0.2, 0.25) is 5.91 Å². The molecule has 0 fully saturated rings. The highest BCUT2D eigenvalue weighted by molar-refractivity contribution is 6.30. The molecule has 1 aromatic carbocycles. The molecule has 4 nitrogen and oxygen atoms in total. The number of anilines is 1. The van der Waals surface area contributed by atoms with Crippen molar-refractivity contribution < 1.29 is 9.21 Å². The van der Waals surface area contributed by atoms with Crippen LogP contribution in [0.5, 0.6) is 0 Å². The van der Waals surface area contributed by atoms with Crippen LogP contribution in [0.4, 0.5) is 5.69 Å². The number of nitrogens with one attached hydrogen (secondary N) is 1. The first-order chi connectivity index (χ1) is 9.95. The third-order valence-corrected chi connectivity index (χ3v) is 3.61. The minimum absolute atomic E-state index is 0.0666. The Morgan fingerprint density at radius 2 is 1.95 bits per heavy atom. The number of halogens is 1. The Balaban J connectivity index is 1.93. The highest BCUT2D eigenvalue weighted by Gasteiger charge is 2.19. The van der Waals surface area contributed by atoms with Crippen molar-refractivity contribution in [3.8, 4) is 0 Å². The van der Waals surface area contributed by atoms with Crippen LogP contribution < -0.4 is 5.32 Å². The van der Waals surface area contributed by atoms with E-state index in [1.165, 1.54) is 0 Å². The summed E-state index contributed by atoms with van der Waals surface area (Å²) in [5.41, 5.74) is 0.735. The second-order valence-electron chi connectivity index (χ2n) is 5.10. The molecular weight excluding hydrogens is 288 g/mol. The smallest absolute Gasteiger partial charge is 0.241 e. The van der Waals surface area contributed by atoms with Gasteiger partial charge in [-0.2, -0.15) is 0 Å². The van der Waals surface area contributed by atoms with Crippen molar-refractivity contribution in [2.45, 2.75) is 26.4 Å². The lowest BCUT2D eigenvalue weighted by Gasteiger charge is -2.22. The zero-order valence-electron chi connectivity index (χ0n) is 12.4. The van der Waals surface area contributed by atoms with Crippen molar-refractivity contribution in [3.05, 3.63) is 52.9 Å². The van der Waals surface area contributed by atoms with Crippen LogP contribution in [0, 0.1) is 6.92 Å². The fourth-order valence-electron chi connectivity index (χ4n) is 1.93. The molecule has 1 heterocycles. The summed E-state index contributed by atoms with van der Waals surface area (Å²) in [5, 5.41) is 3.52. The molecule has 2 rings (SSSR count). The van der Waals surface area contributed by atoms with E-state index in [1.54, 1.807) is 24.3 Å². The maximum atomic E-state index is 12.2. The van der Waals surface area contributed by atoms with E-state index >= 15 is 0 Å². The van der Waals surface area contributed by atoms with Crippen molar-refractivity contribution in [1.29, 1.82) is 0 Å². The topological polar surface area (TPSA) is 45.5 Å². The van der Waals surface area contributed by atoms with Crippen LogP contribution in [0.1, 0.15) is 18.4 Å². The maximum absolute atomic E-state index is 12.2. The lowest BCUT2D eigenvalue weighted by molar-refractivity contribution is -0.120. The number of aryl methyl sites for hydroxylation is 1. The maximum Gasteiger partial charge on any atom is 0.241 e. The fraction of sp³-hybridized carbons (Fsp3) is 0.312. The summed E-state index contributed by atoms with van der Waals surface area (Å²) in [7, 11) is 1.89. The predicted octanol–water partition coefficient (Wildman–Crippen LogP) is 3.70. The molecule has 1 atom stereocenters. The molecule has 1 N–H and O–H groups in total. The second kappa shape index (κ2) is 6.78. The minimum Gasteiger partial charge on any atom is -0.465 e. The summed E-state index contributed by atoms with van der Waals surface area (Å²) < 4.78 is 5.53. The van der Waals surface area contributed by atoms with Gasteiger partial charge in [0.25, 0.3) is 0 Å². The van der Waals surface area contributed by atoms with Crippen LogP contribution in [0.15, 0.2) is 40.8 Å². The molecule has 0 spiro atoms. The van der Waals surface area contributed by atoms with Crippen LogP contribution in [0.25, 0.3) is 0 Å². The Labute approximate surface area is 129 Å².